The van der Waals surface area contributed by atoms with Crippen molar-refractivity contribution in [3.63, 3.8) is 0 Å². The smallest absolute Gasteiger partial charge is 0.246 e. The molecule has 0 bridgehead atoms. The molecule has 2 heterocycles. The summed E-state index contributed by atoms with van der Waals surface area (Å²) in [4.78, 5) is 154. The summed E-state index contributed by atoms with van der Waals surface area (Å²) in [5.74, 6) is -10.1. The second-order valence-electron chi connectivity index (χ2n) is 18.1. The van der Waals surface area contributed by atoms with Crippen LogP contribution in [0.1, 0.15) is 68.6 Å². The van der Waals surface area contributed by atoms with Crippen LogP contribution in [0.25, 0.3) is 0 Å². The summed E-state index contributed by atoms with van der Waals surface area (Å²) in [6.07, 6.45) is -0.535. The molecule has 76 heavy (non-hydrogen) atoms. The molecular weight excluding hydrogens is 1030 g/mol. The highest BCUT2D eigenvalue weighted by Gasteiger charge is 2.41. The zero-order chi connectivity index (χ0) is 55.9. The Balaban J connectivity index is 1.72. The Hall–Kier alpha value is -7.46. The molecule has 2 aromatic rings. The lowest BCUT2D eigenvalue weighted by Gasteiger charge is -2.31. The van der Waals surface area contributed by atoms with E-state index in [-0.39, 0.29) is 62.7 Å². The van der Waals surface area contributed by atoms with Crippen LogP contribution in [0, 0.1) is 0 Å². The third-order valence-corrected chi connectivity index (χ3v) is 14.6. The molecule has 19 N–H and O–H groups in total. The summed E-state index contributed by atoms with van der Waals surface area (Å²) in [6.45, 7) is 1.51. The number of guanidine groups is 1. The maximum absolute atomic E-state index is 14.6. The summed E-state index contributed by atoms with van der Waals surface area (Å²) in [7, 11) is 2.05. The van der Waals surface area contributed by atoms with Gasteiger partial charge in [0.2, 0.25) is 65.0 Å². The summed E-state index contributed by atoms with van der Waals surface area (Å²) < 4.78 is 0. The monoisotopic (exact) mass is 1100 g/mol. The number of nitrogens with one attached hydrogen (secondary N) is 7. The minimum absolute atomic E-state index is 0.00939. The van der Waals surface area contributed by atoms with Crippen LogP contribution < -0.4 is 71.6 Å². The van der Waals surface area contributed by atoms with Gasteiger partial charge in [-0.1, -0.05) is 83.1 Å². The molecule has 0 unspecified atom stereocenters. The Morgan fingerprint density at radius 2 is 1.30 bits per heavy atom. The first-order valence-corrected chi connectivity index (χ1v) is 27.1. The number of hydrogen-bond donors (Lipinski definition) is 13. The Labute approximate surface area is 447 Å². The second kappa shape index (κ2) is 30.8. The molecule has 28 heteroatoms. The highest BCUT2D eigenvalue weighted by molar-refractivity contribution is 8.76. The normalized spacial score (nSPS) is 22.5. The Morgan fingerprint density at radius 1 is 0.711 bits per heavy atom. The van der Waals surface area contributed by atoms with Gasteiger partial charge in [0.15, 0.2) is 5.96 Å². The largest absolute Gasteiger partial charge is 0.370 e. The number of aliphatic imine (C=N–C) groups is 1. The third kappa shape index (κ3) is 20.0. The van der Waals surface area contributed by atoms with E-state index in [1.165, 1.54) is 4.90 Å². The van der Waals surface area contributed by atoms with E-state index in [1.54, 1.807) is 42.5 Å². The number of benzene rings is 2. The van der Waals surface area contributed by atoms with E-state index in [4.69, 9.17) is 34.4 Å². The molecule has 0 radical (unpaired) electrons. The van der Waals surface area contributed by atoms with Gasteiger partial charge in [-0.2, -0.15) is 0 Å². The zero-order valence-electron chi connectivity index (χ0n) is 42.1. The summed E-state index contributed by atoms with van der Waals surface area (Å²) in [5.41, 5.74) is 35.7. The summed E-state index contributed by atoms with van der Waals surface area (Å²) in [5, 5.41) is 18.0. The fourth-order valence-electron chi connectivity index (χ4n) is 8.25. The average Bonchev–Trinajstić information content (AvgIpc) is 3.88. The van der Waals surface area contributed by atoms with Crippen molar-refractivity contribution in [3.8, 4) is 0 Å². The standard InChI is InChI=1S/C48H69N15O11S2/c1-2-27-12-6-7-13-28(27)21-33-44(71)60-32(20-26-10-4-3-5-11-26)43(70)57-31(16-17-37(50)64)42(69)61-34(22-38(51)65)45(72)62-35(25-76-75-24-29(49)40(67)59-33)47(74)63-19-9-15-36(63)46(73)58-30(14-8-18-55-48(53)54)41(68)56-23-39(52)66/h3-7,10-13,29-36H,2,8-9,14-25,49H2,1H3,(H2,50,64)(H2,51,65)(H2,52,66)(H,56,68)(H,57,70)(H,58,73)(H,59,67)(H,60,71)(H,61,69)(H,62,72)(H4,53,54,55)/t29-,30-,31-,32-,33-,34-,35-,36-/m0/s1. The van der Waals surface area contributed by atoms with Crippen LogP contribution in [-0.2, 0) is 72.0 Å². The first kappa shape index (κ1) is 61.1. The Bertz CT molecular complexity index is 2450. The highest BCUT2D eigenvalue weighted by atomic mass is 33.1. The molecule has 0 aliphatic carbocycles. The SMILES string of the molecule is CCc1ccccc1C[C@@H]1NC(=O)[C@@H](N)CSSC[C@@H](C(=O)N2CCC[C@H]2C(=O)N[C@@H](CCCN=C(N)N)C(=O)NCC(N)=O)NC(=O)[C@H](CC(N)=O)NC(=O)[C@H](CCC(N)=O)NC(=O)[C@H](Cc2ccccc2)NC1=O. The molecule has 2 aliphatic rings. The van der Waals surface area contributed by atoms with E-state index < -0.39 is 139 Å². The number of rotatable bonds is 20. The van der Waals surface area contributed by atoms with Crippen LogP contribution in [0.2, 0.25) is 0 Å². The van der Waals surface area contributed by atoms with Gasteiger partial charge >= 0.3 is 0 Å². The van der Waals surface area contributed by atoms with Gasteiger partial charge in [0.1, 0.15) is 42.3 Å². The van der Waals surface area contributed by atoms with Gasteiger partial charge in [0.05, 0.1) is 19.0 Å². The number of primary amides is 3. The van der Waals surface area contributed by atoms with Gasteiger partial charge in [0.25, 0.3) is 0 Å². The van der Waals surface area contributed by atoms with Gasteiger partial charge in [0, 0.05) is 43.9 Å². The third-order valence-electron chi connectivity index (χ3n) is 12.2. The Kier molecular flexibility index (Phi) is 24.8. The van der Waals surface area contributed by atoms with Gasteiger partial charge in [-0.25, -0.2) is 0 Å². The fourth-order valence-corrected chi connectivity index (χ4v) is 10.5. The van der Waals surface area contributed by atoms with Crippen LogP contribution in [-0.4, -0.2) is 155 Å². The minimum atomic E-state index is -1.78. The first-order valence-electron chi connectivity index (χ1n) is 24.6. The highest BCUT2D eigenvalue weighted by Crippen LogP contribution is 2.26. The van der Waals surface area contributed by atoms with E-state index in [1.807, 2.05) is 19.1 Å². The number of hydrogen-bond acceptors (Lipinski definition) is 15. The van der Waals surface area contributed by atoms with Gasteiger partial charge in [-0.15, -0.1) is 0 Å². The molecule has 0 spiro atoms. The molecular formula is C48H69N15O11S2. The predicted octanol–water partition coefficient (Wildman–Crippen LogP) is -4.55. The van der Waals surface area contributed by atoms with Crippen LogP contribution in [0.5, 0.6) is 0 Å². The molecule has 2 aliphatic heterocycles. The predicted molar refractivity (Wildman–Crippen MR) is 283 cm³/mol. The topological polar surface area (TPSA) is 444 Å². The van der Waals surface area contributed by atoms with Crippen molar-refractivity contribution in [1.29, 1.82) is 0 Å². The van der Waals surface area contributed by atoms with E-state index in [9.17, 15) is 52.7 Å². The maximum Gasteiger partial charge on any atom is 0.246 e. The maximum atomic E-state index is 14.6. The van der Waals surface area contributed by atoms with Crippen LogP contribution in [0.3, 0.4) is 0 Å². The van der Waals surface area contributed by atoms with Crippen molar-refractivity contribution < 1.29 is 52.7 Å². The number of carbonyl (C=O) groups is 11. The lowest BCUT2D eigenvalue weighted by Crippen LogP contribution is -2.61. The van der Waals surface area contributed by atoms with Crippen molar-refractivity contribution in [1.82, 2.24) is 42.1 Å². The van der Waals surface area contributed by atoms with Crippen molar-refractivity contribution in [2.75, 3.05) is 31.1 Å². The first-order chi connectivity index (χ1) is 36.2. The van der Waals surface area contributed by atoms with Crippen LogP contribution >= 0.6 is 21.6 Å². The van der Waals surface area contributed by atoms with E-state index in [2.05, 4.69) is 42.2 Å². The summed E-state index contributed by atoms with van der Waals surface area (Å²) in [6, 6.07) is 4.66. The quantitative estimate of drug-likeness (QED) is 0.0257. The van der Waals surface area contributed by atoms with E-state index >= 15 is 0 Å². The number of nitrogens with zero attached hydrogens (tertiary/aromatic N) is 2. The number of amides is 11. The average molecular weight is 1100 g/mol. The van der Waals surface area contributed by atoms with Crippen molar-refractivity contribution >= 4 is 92.5 Å². The molecule has 2 saturated heterocycles. The number of likely N-dealkylation sites (tertiary alicyclic amines) is 1. The summed E-state index contributed by atoms with van der Waals surface area (Å²) >= 11 is 0. The number of carbonyl (C=O) groups excluding carboxylic acids is 11. The number of nitrogens with two attached hydrogens (primary N) is 6. The number of aryl methyl sites for hydroxylation is 1. The minimum Gasteiger partial charge on any atom is -0.370 e. The van der Waals surface area contributed by atoms with Crippen molar-refractivity contribution in [3.05, 3.63) is 71.3 Å². The molecule has 0 saturated carbocycles. The molecule has 11 amide bonds. The lowest BCUT2D eigenvalue weighted by molar-refractivity contribution is -0.142. The van der Waals surface area contributed by atoms with E-state index in [0.717, 1.165) is 32.7 Å². The molecule has 26 nitrogen and oxygen atoms in total. The van der Waals surface area contributed by atoms with Crippen molar-refractivity contribution in [2.24, 2.45) is 39.4 Å². The van der Waals surface area contributed by atoms with Crippen LogP contribution in [0.4, 0.5) is 0 Å². The molecule has 2 aromatic carbocycles. The van der Waals surface area contributed by atoms with Gasteiger partial charge < -0.3 is 76.5 Å². The molecule has 4 rings (SSSR count). The van der Waals surface area contributed by atoms with Gasteiger partial charge in [-0.05, 0) is 55.2 Å². The van der Waals surface area contributed by atoms with E-state index in [0.29, 0.717) is 18.4 Å². The van der Waals surface area contributed by atoms with Crippen molar-refractivity contribution in [2.45, 2.75) is 119 Å². The molecule has 0 aromatic heterocycles. The van der Waals surface area contributed by atoms with Gasteiger partial charge in [-0.3, -0.25) is 57.7 Å². The zero-order valence-corrected chi connectivity index (χ0v) is 43.7. The Morgan fingerprint density at radius 3 is 1.95 bits per heavy atom. The fraction of sp³-hybridized carbons (Fsp3) is 0.500. The molecule has 8 atom stereocenters. The van der Waals surface area contributed by atoms with Crippen LogP contribution in [0.15, 0.2) is 59.6 Å². The second-order valence-corrected chi connectivity index (χ2v) is 20.6. The molecule has 414 valence electrons. The lowest BCUT2D eigenvalue weighted by atomic mass is 9.97. The molecule has 2 fully saturated rings.